The lowest BCUT2D eigenvalue weighted by molar-refractivity contribution is 0.0455. The summed E-state index contributed by atoms with van der Waals surface area (Å²) in [5.74, 6) is 0.182. The Balaban J connectivity index is 1.49. The average Bonchev–Trinajstić information content (AvgIpc) is 3.52. The number of amides is 1. The number of H-pyrrole nitrogens is 1. The first-order valence-electron chi connectivity index (χ1n) is 12.5. The number of nitrogens with one attached hydrogen (secondary N) is 1. The smallest absolute Gasteiger partial charge is 0.274 e. The standard InChI is InChI=1S/C27H27FN6O2/c28-13-18-15-33(16-18)27(36)24-25(22-14-29-9-10-30-22)32-34-23(35)12-21(31-26(24)34)20-8-4-3-7-19(20)11-17-5-1-2-6-17/h3-4,7-10,12,14,17-18,31H,1-2,5-6,11,13,15-16H2. The minimum atomic E-state index is -0.464. The molecule has 0 atom stereocenters. The van der Waals surface area contributed by atoms with E-state index in [1.807, 2.05) is 18.2 Å². The van der Waals surface area contributed by atoms with Gasteiger partial charge in [-0.2, -0.15) is 9.61 Å². The number of likely N-dealkylation sites (tertiary alicyclic amines) is 1. The molecule has 9 heteroatoms. The summed E-state index contributed by atoms with van der Waals surface area (Å²) in [6, 6.07) is 9.64. The van der Waals surface area contributed by atoms with Crippen LogP contribution in [0.5, 0.6) is 0 Å². The van der Waals surface area contributed by atoms with E-state index in [1.54, 1.807) is 4.90 Å². The molecule has 1 saturated carbocycles. The number of hydrogen-bond donors (Lipinski definition) is 1. The number of fused-ring (bicyclic) bond motifs is 1. The molecule has 184 valence electrons. The molecule has 4 aromatic rings. The Bertz CT molecular complexity index is 1470. The van der Waals surface area contributed by atoms with E-state index in [1.165, 1.54) is 60.4 Å². The molecule has 8 nitrogen and oxygen atoms in total. The first kappa shape index (κ1) is 22.6. The van der Waals surface area contributed by atoms with Gasteiger partial charge < -0.3 is 9.88 Å². The van der Waals surface area contributed by atoms with Crippen molar-refractivity contribution in [1.82, 2.24) is 29.5 Å². The maximum Gasteiger partial charge on any atom is 0.274 e. The maximum atomic E-state index is 13.6. The summed E-state index contributed by atoms with van der Waals surface area (Å²) in [7, 11) is 0. The topological polar surface area (TPSA) is 96.2 Å². The second kappa shape index (κ2) is 9.29. The maximum absolute atomic E-state index is 13.6. The highest BCUT2D eigenvalue weighted by molar-refractivity contribution is 6.05. The zero-order valence-electron chi connectivity index (χ0n) is 19.9. The fraction of sp³-hybridized carbons (Fsp3) is 0.370. The highest BCUT2D eigenvalue weighted by atomic mass is 19.1. The van der Waals surface area contributed by atoms with Gasteiger partial charge in [-0.05, 0) is 17.9 Å². The predicted molar refractivity (Wildman–Crippen MR) is 133 cm³/mol. The second-order valence-electron chi connectivity index (χ2n) is 9.84. The van der Waals surface area contributed by atoms with Crippen LogP contribution in [-0.4, -0.2) is 55.1 Å². The first-order chi connectivity index (χ1) is 17.6. The van der Waals surface area contributed by atoms with Crippen molar-refractivity contribution in [2.45, 2.75) is 32.1 Å². The summed E-state index contributed by atoms with van der Waals surface area (Å²) in [6.45, 7) is 0.204. The lowest BCUT2D eigenvalue weighted by Crippen LogP contribution is -2.50. The van der Waals surface area contributed by atoms with E-state index >= 15 is 0 Å². The van der Waals surface area contributed by atoms with Crippen LogP contribution in [0.25, 0.3) is 28.3 Å². The van der Waals surface area contributed by atoms with Crippen LogP contribution >= 0.6 is 0 Å². The number of halogens is 1. The summed E-state index contributed by atoms with van der Waals surface area (Å²) in [5.41, 5.74) is 3.66. The van der Waals surface area contributed by atoms with Crippen molar-refractivity contribution < 1.29 is 9.18 Å². The van der Waals surface area contributed by atoms with Crippen LogP contribution in [0.3, 0.4) is 0 Å². The van der Waals surface area contributed by atoms with Crippen LogP contribution in [0.1, 0.15) is 41.6 Å². The molecule has 1 aliphatic heterocycles. The lowest BCUT2D eigenvalue weighted by atomic mass is 9.93. The molecule has 6 rings (SSSR count). The van der Waals surface area contributed by atoms with Crippen molar-refractivity contribution in [3.05, 3.63) is 70.4 Å². The molecule has 0 radical (unpaired) electrons. The Morgan fingerprint density at radius 3 is 2.67 bits per heavy atom. The quantitative estimate of drug-likeness (QED) is 0.446. The van der Waals surface area contributed by atoms with Crippen LogP contribution in [0.2, 0.25) is 0 Å². The van der Waals surface area contributed by atoms with Gasteiger partial charge in [-0.15, -0.1) is 0 Å². The van der Waals surface area contributed by atoms with E-state index in [2.05, 4.69) is 26.1 Å². The molecule has 2 fully saturated rings. The number of nitrogens with zero attached hydrogens (tertiary/aromatic N) is 5. The van der Waals surface area contributed by atoms with Crippen LogP contribution in [0, 0.1) is 11.8 Å². The molecular formula is C27H27FN6O2. The number of rotatable bonds is 6. The van der Waals surface area contributed by atoms with E-state index in [0.29, 0.717) is 36.0 Å². The van der Waals surface area contributed by atoms with Crippen LogP contribution in [-0.2, 0) is 6.42 Å². The molecular weight excluding hydrogens is 459 g/mol. The van der Waals surface area contributed by atoms with Crippen LogP contribution in [0.15, 0.2) is 53.7 Å². The molecule has 1 aliphatic carbocycles. The largest absolute Gasteiger partial charge is 0.339 e. The van der Waals surface area contributed by atoms with Gasteiger partial charge >= 0.3 is 0 Å². The number of carbonyl (C=O) groups is 1. The SMILES string of the molecule is O=C(c1c(-c2cnccn2)nn2c(=O)cc(-c3ccccc3CC3CCCC3)[nH]c12)N1CC(CF)C1. The summed E-state index contributed by atoms with van der Waals surface area (Å²) in [5, 5.41) is 4.47. The third-order valence-corrected chi connectivity index (χ3v) is 7.39. The number of carbonyl (C=O) groups excluding carboxylic acids is 1. The fourth-order valence-electron chi connectivity index (χ4n) is 5.47. The Hall–Kier alpha value is -3.88. The average molecular weight is 487 g/mol. The highest BCUT2D eigenvalue weighted by Crippen LogP contribution is 2.33. The van der Waals surface area contributed by atoms with Gasteiger partial charge in [0.15, 0.2) is 5.65 Å². The van der Waals surface area contributed by atoms with Crippen LogP contribution < -0.4 is 5.56 Å². The van der Waals surface area contributed by atoms with E-state index in [4.69, 9.17) is 0 Å². The number of benzene rings is 1. The van der Waals surface area contributed by atoms with Gasteiger partial charge in [0.2, 0.25) is 0 Å². The van der Waals surface area contributed by atoms with Gasteiger partial charge in [0.1, 0.15) is 17.0 Å². The van der Waals surface area contributed by atoms with Gasteiger partial charge in [0.05, 0.1) is 18.6 Å². The zero-order valence-corrected chi connectivity index (χ0v) is 19.9. The number of aromatic nitrogens is 5. The van der Waals surface area contributed by atoms with Crippen molar-refractivity contribution in [3.8, 4) is 22.6 Å². The molecule has 1 aromatic carbocycles. The Labute approximate surface area is 207 Å². The van der Waals surface area contributed by atoms with Crippen molar-refractivity contribution in [2.75, 3.05) is 19.8 Å². The number of hydrogen-bond acceptors (Lipinski definition) is 5. The normalized spacial score (nSPS) is 16.5. The van der Waals surface area contributed by atoms with Crippen molar-refractivity contribution in [3.63, 3.8) is 0 Å². The molecule has 3 aromatic heterocycles. The predicted octanol–water partition coefficient (Wildman–Crippen LogP) is 3.92. The number of aromatic amines is 1. The molecule has 0 spiro atoms. The Morgan fingerprint density at radius 1 is 1.11 bits per heavy atom. The molecule has 0 unspecified atom stereocenters. The third-order valence-electron chi connectivity index (χ3n) is 7.39. The molecule has 1 N–H and O–H groups in total. The third kappa shape index (κ3) is 3.98. The minimum absolute atomic E-state index is 0.159. The minimum Gasteiger partial charge on any atom is -0.339 e. The number of alkyl halides is 1. The summed E-state index contributed by atoms with van der Waals surface area (Å²) < 4.78 is 14.3. The van der Waals surface area contributed by atoms with Gasteiger partial charge in [-0.3, -0.25) is 23.9 Å². The molecule has 1 amide bonds. The molecule has 36 heavy (non-hydrogen) atoms. The van der Waals surface area contributed by atoms with Gasteiger partial charge in [0.25, 0.3) is 11.5 Å². The molecule has 4 heterocycles. The van der Waals surface area contributed by atoms with E-state index in [-0.39, 0.29) is 28.6 Å². The fourth-order valence-corrected chi connectivity index (χ4v) is 5.47. The summed E-state index contributed by atoms with van der Waals surface area (Å²) in [6.07, 6.45) is 10.5. The van der Waals surface area contributed by atoms with Gasteiger partial charge in [-0.1, -0.05) is 49.9 Å². The summed E-state index contributed by atoms with van der Waals surface area (Å²) in [4.78, 5) is 40.2. The molecule has 1 saturated heterocycles. The first-order valence-corrected chi connectivity index (χ1v) is 12.5. The lowest BCUT2D eigenvalue weighted by Gasteiger charge is -2.37. The van der Waals surface area contributed by atoms with E-state index < -0.39 is 6.67 Å². The monoisotopic (exact) mass is 486 g/mol. The van der Waals surface area contributed by atoms with Crippen molar-refractivity contribution >= 4 is 11.6 Å². The molecule has 2 aliphatic rings. The zero-order chi connectivity index (χ0) is 24.6. The van der Waals surface area contributed by atoms with Gasteiger partial charge in [0, 0.05) is 43.0 Å². The van der Waals surface area contributed by atoms with Crippen molar-refractivity contribution in [1.29, 1.82) is 0 Å². The summed E-state index contributed by atoms with van der Waals surface area (Å²) >= 11 is 0. The van der Waals surface area contributed by atoms with Crippen molar-refractivity contribution in [2.24, 2.45) is 11.8 Å². The van der Waals surface area contributed by atoms with E-state index in [9.17, 15) is 14.0 Å². The Morgan fingerprint density at radius 2 is 1.92 bits per heavy atom. The van der Waals surface area contributed by atoms with Crippen LogP contribution in [0.4, 0.5) is 4.39 Å². The highest BCUT2D eigenvalue weighted by Gasteiger charge is 2.35. The van der Waals surface area contributed by atoms with E-state index in [0.717, 1.165) is 12.0 Å². The molecule has 0 bridgehead atoms. The second-order valence-corrected chi connectivity index (χ2v) is 9.84. The van der Waals surface area contributed by atoms with Gasteiger partial charge in [-0.25, -0.2) is 0 Å². The Kier molecular flexibility index (Phi) is 5.83.